The van der Waals surface area contributed by atoms with Gasteiger partial charge in [-0.1, -0.05) is 87.2 Å². The molecule has 2 aromatic carbocycles. The summed E-state index contributed by atoms with van der Waals surface area (Å²) in [6.07, 6.45) is 9.08. The van der Waals surface area contributed by atoms with Crippen molar-refractivity contribution >= 4 is 0 Å². The van der Waals surface area contributed by atoms with Crippen LogP contribution in [0.5, 0.6) is 0 Å². The molecule has 0 atom stereocenters. The summed E-state index contributed by atoms with van der Waals surface area (Å²) in [7, 11) is 0. The van der Waals surface area contributed by atoms with Gasteiger partial charge in [0, 0.05) is 0 Å². The molecule has 2 aromatic rings. The summed E-state index contributed by atoms with van der Waals surface area (Å²) in [5.74, 6) is 0. The molecule has 0 spiro atoms. The molecular formula is C20H26. The summed E-state index contributed by atoms with van der Waals surface area (Å²) in [5.41, 5.74) is 4.44. The molecule has 0 radical (unpaired) electrons. The fourth-order valence-electron chi connectivity index (χ4n) is 2.71. The zero-order chi connectivity index (χ0) is 14.0. The Morgan fingerprint density at radius 2 is 1.30 bits per heavy atom. The maximum atomic E-state index is 2.30. The summed E-state index contributed by atoms with van der Waals surface area (Å²) >= 11 is 0. The van der Waals surface area contributed by atoms with E-state index in [-0.39, 0.29) is 0 Å². The van der Waals surface area contributed by atoms with Crippen LogP contribution < -0.4 is 0 Å². The molecule has 0 heterocycles. The highest BCUT2D eigenvalue weighted by atomic mass is 14.1. The van der Waals surface area contributed by atoms with Gasteiger partial charge in [0.25, 0.3) is 0 Å². The van der Waals surface area contributed by atoms with Gasteiger partial charge in [0.05, 0.1) is 0 Å². The van der Waals surface area contributed by atoms with E-state index in [9.17, 15) is 0 Å². The molecule has 0 amide bonds. The van der Waals surface area contributed by atoms with Gasteiger partial charge < -0.3 is 0 Å². The zero-order valence-corrected chi connectivity index (χ0v) is 12.6. The van der Waals surface area contributed by atoms with Crippen LogP contribution in [0.25, 0.3) is 0 Å². The van der Waals surface area contributed by atoms with Crippen LogP contribution in [-0.2, 0) is 12.8 Å². The van der Waals surface area contributed by atoms with Crippen LogP contribution in [0.4, 0.5) is 0 Å². The van der Waals surface area contributed by atoms with Gasteiger partial charge in [0.1, 0.15) is 0 Å². The molecule has 106 valence electrons. The van der Waals surface area contributed by atoms with E-state index >= 15 is 0 Å². The fourth-order valence-corrected chi connectivity index (χ4v) is 2.71. The number of rotatable bonds is 8. The lowest BCUT2D eigenvalue weighted by molar-refractivity contribution is 0.631. The fraction of sp³-hybridized carbons (Fsp3) is 0.400. The SMILES string of the molecule is CCCCCCCc1ccccc1Cc1ccccc1. The molecule has 20 heavy (non-hydrogen) atoms. The van der Waals surface area contributed by atoms with Crippen LogP contribution >= 0.6 is 0 Å². The molecule has 0 aliphatic carbocycles. The molecule has 0 saturated heterocycles. The van der Waals surface area contributed by atoms with Crippen molar-refractivity contribution in [2.45, 2.75) is 51.9 Å². The summed E-state index contributed by atoms with van der Waals surface area (Å²) in [4.78, 5) is 0. The van der Waals surface area contributed by atoms with Crippen LogP contribution in [0.1, 0.15) is 55.7 Å². The molecular weight excluding hydrogens is 240 g/mol. The van der Waals surface area contributed by atoms with Crippen LogP contribution in [0.15, 0.2) is 54.6 Å². The summed E-state index contributed by atoms with van der Waals surface area (Å²) < 4.78 is 0. The van der Waals surface area contributed by atoms with E-state index in [0.717, 1.165) is 6.42 Å². The number of benzene rings is 2. The predicted molar refractivity (Wildman–Crippen MR) is 88.2 cm³/mol. The van der Waals surface area contributed by atoms with Gasteiger partial charge in [-0.15, -0.1) is 0 Å². The highest BCUT2D eigenvalue weighted by molar-refractivity contribution is 5.32. The van der Waals surface area contributed by atoms with E-state index in [1.807, 2.05) is 0 Å². The molecule has 0 N–H and O–H groups in total. The van der Waals surface area contributed by atoms with Crippen LogP contribution in [0, 0.1) is 0 Å². The van der Waals surface area contributed by atoms with E-state index in [2.05, 4.69) is 61.5 Å². The maximum Gasteiger partial charge on any atom is -0.00230 e. The molecule has 0 nitrogen and oxygen atoms in total. The Balaban J connectivity index is 1.92. The Kier molecular flexibility index (Phi) is 6.37. The highest BCUT2D eigenvalue weighted by Gasteiger charge is 2.02. The van der Waals surface area contributed by atoms with E-state index in [0.29, 0.717) is 0 Å². The summed E-state index contributed by atoms with van der Waals surface area (Å²) in [5, 5.41) is 0. The van der Waals surface area contributed by atoms with Crippen molar-refractivity contribution in [1.29, 1.82) is 0 Å². The minimum atomic E-state index is 1.06. The number of hydrogen-bond acceptors (Lipinski definition) is 0. The van der Waals surface area contributed by atoms with Crippen LogP contribution in [0.2, 0.25) is 0 Å². The third-order valence-corrected chi connectivity index (χ3v) is 3.91. The van der Waals surface area contributed by atoms with Crippen molar-refractivity contribution < 1.29 is 0 Å². The van der Waals surface area contributed by atoms with Gasteiger partial charge in [-0.3, -0.25) is 0 Å². The third-order valence-electron chi connectivity index (χ3n) is 3.91. The van der Waals surface area contributed by atoms with Gasteiger partial charge >= 0.3 is 0 Å². The third kappa shape index (κ3) is 4.85. The monoisotopic (exact) mass is 266 g/mol. The molecule has 0 saturated carbocycles. The van der Waals surface area contributed by atoms with Crippen molar-refractivity contribution in [3.05, 3.63) is 71.3 Å². The van der Waals surface area contributed by atoms with Gasteiger partial charge in [0.15, 0.2) is 0 Å². The Morgan fingerprint density at radius 3 is 2.05 bits per heavy atom. The topological polar surface area (TPSA) is 0 Å². The summed E-state index contributed by atoms with van der Waals surface area (Å²) in [6, 6.07) is 19.7. The van der Waals surface area contributed by atoms with Gasteiger partial charge in [-0.2, -0.15) is 0 Å². The zero-order valence-electron chi connectivity index (χ0n) is 12.6. The first-order valence-electron chi connectivity index (χ1n) is 8.01. The van der Waals surface area contributed by atoms with E-state index in [4.69, 9.17) is 0 Å². The first-order chi connectivity index (χ1) is 9.90. The van der Waals surface area contributed by atoms with E-state index < -0.39 is 0 Å². The molecule has 0 heteroatoms. The highest BCUT2D eigenvalue weighted by Crippen LogP contribution is 2.17. The minimum absolute atomic E-state index is 1.06. The second kappa shape index (κ2) is 8.58. The lowest BCUT2D eigenvalue weighted by Crippen LogP contribution is -1.96. The molecule has 0 aliphatic rings. The first-order valence-corrected chi connectivity index (χ1v) is 8.01. The lowest BCUT2D eigenvalue weighted by atomic mass is 9.96. The Labute approximate surface area is 123 Å². The van der Waals surface area contributed by atoms with Crippen LogP contribution in [-0.4, -0.2) is 0 Å². The Bertz CT molecular complexity index is 484. The molecule has 0 aromatic heterocycles. The first kappa shape index (κ1) is 14.8. The average molecular weight is 266 g/mol. The van der Waals surface area contributed by atoms with Gasteiger partial charge in [-0.25, -0.2) is 0 Å². The molecule has 0 fully saturated rings. The average Bonchev–Trinajstić information content (AvgIpc) is 2.50. The largest absolute Gasteiger partial charge is 0.0654 e. The van der Waals surface area contributed by atoms with E-state index in [1.165, 1.54) is 55.2 Å². The lowest BCUT2D eigenvalue weighted by Gasteiger charge is -2.09. The maximum absolute atomic E-state index is 2.30. The Hall–Kier alpha value is -1.56. The number of aryl methyl sites for hydroxylation is 1. The predicted octanol–water partition coefficient (Wildman–Crippen LogP) is 5.79. The van der Waals surface area contributed by atoms with Gasteiger partial charge in [-0.05, 0) is 36.0 Å². The second-order valence-corrected chi connectivity index (χ2v) is 5.60. The Morgan fingerprint density at radius 1 is 0.650 bits per heavy atom. The molecule has 0 aliphatic heterocycles. The summed E-state index contributed by atoms with van der Waals surface area (Å²) in [6.45, 7) is 2.27. The van der Waals surface area contributed by atoms with Crippen molar-refractivity contribution in [2.75, 3.05) is 0 Å². The van der Waals surface area contributed by atoms with Crippen molar-refractivity contribution in [3.63, 3.8) is 0 Å². The minimum Gasteiger partial charge on any atom is -0.0654 e. The standard InChI is InChI=1S/C20H26/c1-2-3-4-5-9-14-19-15-10-11-16-20(19)17-18-12-7-6-8-13-18/h6-8,10-13,15-16H,2-5,9,14,17H2,1H3. The van der Waals surface area contributed by atoms with Gasteiger partial charge in [0.2, 0.25) is 0 Å². The van der Waals surface area contributed by atoms with Crippen molar-refractivity contribution in [1.82, 2.24) is 0 Å². The number of hydrogen-bond donors (Lipinski definition) is 0. The van der Waals surface area contributed by atoms with E-state index in [1.54, 1.807) is 0 Å². The smallest absolute Gasteiger partial charge is 0.00230 e. The van der Waals surface area contributed by atoms with Crippen molar-refractivity contribution in [3.8, 4) is 0 Å². The molecule has 2 rings (SSSR count). The normalized spacial score (nSPS) is 10.7. The van der Waals surface area contributed by atoms with Crippen molar-refractivity contribution in [2.24, 2.45) is 0 Å². The second-order valence-electron chi connectivity index (χ2n) is 5.60. The molecule has 0 unspecified atom stereocenters. The number of unbranched alkanes of at least 4 members (excludes halogenated alkanes) is 4. The van der Waals surface area contributed by atoms with Crippen LogP contribution in [0.3, 0.4) is 0 Å². The molecule has 0 bridgehead atoms. The quantitative estimate of drug-likeness (QED) is 0.530.